The van der Waals surface area contributed by atoms with Crippen LogP contribution in [0.25, 0.3) is 0 Å². The fourth-order valence-corrected chi connectivity index (χ4v) is 9.76. The highest BCUT2D eigenvalue weighted by atomic mass is 79.9. The lowest BCUT2D eigenvalue weighted by atomic mass is 9.45. The van der Waals surface area contributed by atoms with Crippen molar-refractivity contribution in [3.05, 3.63) is 0 Å². The Morgan fingerprint density at radius 3 is 2.52 bits per heavy atom. The molecule has 0 heterocycles. The van der Waals surface area contributed by atoms with Crippen molar-refractivity contribution in [1.82, 2.24) is 0 Å². The van der Waals surface area contributed by atoms with Crippen molar-refractivity contribution in [2.24, 2.45) is 40.4 Å². The van der Waals surface area contributed by atoms with E-state index in [-0.39, 0.29) is 0 Å². The number of halogens is 2. The lowest BCUT2D eigenvalue weighted by Crippen LogP contribution is -2.52. The normalized spacial score (nSPS) is 55.8. The second-order valence-corrected chi connectivity index (χ2v) is 11.8. The largest absolute Gasteiger partial charge is 0.0928 e. The van der Waals surface area contributed by atoms with E-state index in [2.05, 4.69) is 45.7 Å². The molecule has 8 atom stereocenters. The summed E-state index contributed by atoms with van der Waals surface area (Å²) >= 11 is 7.84. The van der Waals surface area contributed by atoms with E-state index < -0.39 is 0 Å². The lowest BCUT2D eigenvalue weighted by molar-refractivity contribution is -0.110. The van der Waals surface area contributed by atoms with Gasteiger partial charge in [-0.2, -0.15) is 0 Å². The molecule has 0 N–H and O–H groups in total. The standard InChI is InChI=1S/C21H34Br2/c1-20-10-4-3-5-14(20)6-7-15-16(20)8-11-21(2)17(9-12-22)19(23)13-18(15)21/h14-19H,3-13H2,1-2H3/t14?,15-,16+,17+,18+,19?,20+,21-/m1/s1. The van der Waals surface area contributed by atoms with Gasteiger partial charge in [-0.25, -0.2) is 0 Å². The first-order chi connectivity index (χ1) is 11.0. The number of fused-ring (bicyclic) bond motifs is 5. The van der Waals surface area contributed by atoms with Gasteiger partial charge in [0, 0.05) is 10.2 Å². The first kappa shape index (κ1) is 17.4. The SMILES string of the molecule is C[C@]12CC[C@H]3[C@@H](CCC4CCCC[C@@]43C)[C@@H]1CC(Br)[C@@H]2CCBr. The average Bonchev–Trinajstić information content (AvgIpc) is 2.79. The van der Waals surface area contributed by atoms with Crippen LogP contribution in [-0.2, 0) is 0 Å². The van der Waals surface area contributed by atoms with Gasteiger partial charge >= 0.3 is 0 Å². The highest BCUT2D eigenvalue weighted by Gasteiger charge is 2.61. The average molecular weight is 446 g/mol. The predicted molar refractivity (Wildman–Crippen MR) is 106 cm³/mol. The molecule has 132 valence electrons. The summed E-state index contributed by atoms with van der Waals surface area (Å²) in [4.78, 5) is 0.769. The van der Waals surface area contributed by atoms with Crippen LogP contribution in [0, 0.1) is 40.4 Å². The van der Waals surface area contributed by atoms with Gasteiger partial charge in [0.15, 0.2) is 0 Å². The van der Waals surface area contributed by atoms with Gasteiger partial charge in [-0.05, 0) is 91.8 Å². The number of alkyl halides is 2. The van der Waals surface area contributed by atoms with E-state index in [1.165, 1.54) is 56.7 Å². The minimum absolute atomic E-state index is 0.612. The van der Waals surface area contributed by atoms with Gasteiger partial charge < -0.3 is 0 Å². The second kappa shape index (κ2) is 6.29. The Bertz CT molecular complexity index is 449. The highest BCUT2D eigenvalue weighted by molar-refractivity contribution is 9.09. The van der Waals surface area contributed by atoms with Crippen molar-refractivity contribution in [3.63, 3.8) is 0 Å². The van der Waals surface area contributed by atoms with Crippen LogP contribution >= 0.6 is 31.9 Å². The molecule has 0 aromatic carbocycles. The van der Waals surface area contributed by atoms with Crippen molar-refractivity contribution in [3.8, 4) is 0 Å². The van der Waals surface area contributed by atoms with Gasteiger partial charge in [-0.1, -0.05) is 58.5 Å². The minimum atomic E-state index is 0.612. The van der Waals surface area contributed by atoms with Gasteiger partial charge in [0.1, 0.15) is 0 Å². The zero-order chi connectivity index (χ0) is 16.2. The van der Waals surface area contributed by atoms with Crippen LogP contribution < -0.4 is 0 Å². The molecule has 0 aromatic heterocycles. The van der Waals surface area contributed by atoms with Crippen LogP contribution in [0.15, 0.2) is 0 Å². The molecule has 4 rings (SSSR count). The van der Waals surface area contributed by atoms with Gasteiger partial charge in [-0.3, -0.25) is 0 Å². The molecule has 23 heavy (non-hydrogen) atoms. The summed E-state index contributed by atoms with van der Waals surface area (Å²) in [5.74, 6) is 5.02. The first-order valence-corrected chi connectivity index (χ1v) is 12.2. The van der Waals surface area contributed by atoms with E-state index in [1.54, 1.807) is 12.8 Å². The van der Waals surface area contributed by atoms with E-state index in [0.717, 1.165) is 34.4 Å². The van der Waals surface area contributed by atoms with Crippen molar-refractivity contribution < 1.29 is 0 Å². The Balaban J connectivity index is 1.62. The van der Waals surface area contributed by atoms with Crippen LogP contribution in [0.1, 0.15) is 78.1 Å². The zero-order valence-electron chi connectivity index (χ0n) is 15.0. The van der Waals surface area contributed by atoms with Crippen molar-refractivity contribution in [2.45, 2.75) is 82.9 Å². The number of hydrogen-bond donors (Lipinski definition) is 0. The third-order valence-electron chi connectivity index (χ3n) is 9.20. The van der Waals surface area contributed by atoms with E-state index in [0.29, 0.717) is 10.8 Å². The summed E-state index contributed by atoms with van der Waals surface area (Å²) < 4.78 is 0. The van der Waals surface area contributed by atoms with Gasteiger partial charge in [0.05, 0.1) is 0 Å². The molecule has 4 saturated carbocycles. The smallest absolute Gasteiger partial charge is 0.0182 e. The maximum atomic E-state index is 4.11. The highest BCUT2D eigenvalue weighted by Crippen LogP contribution is 2.68. The monoisotopic (exact) mass is 444 g/mol. The molecule has 4 aliphatic rings. The molecule has 2 unspecified atom stereocenters. The summed E-state index contributed by atoms with van der Waals surface area (Å²) in [5, 5.41) is 1.18. The molecular formula is C21H34Br2. The van der Waals surface area contributed by atoms with Gasteiger partial charge in [0.25, 0.3) is 0 Å². The quantitative estimate of drug-likeness (QED) is 0.394. The van der Waals surface area contributed by atoms with Crippen molar-refractivity contribution in [1.29, 1.82) is 0 Å². The summed E-state index contributed by atoms with van der Waals surface area (Å²) in [5.41, 5.74) is 1.30. The molecule has 0 aromatic rings. The molecule has 2 heteroatoms. The van der Waals surface area contributed by atoms with Gasteiger partial charge in [0.2, 0.25) is 0 Å². The number of rotatable bonds is 2. The fourth-order valence-electron chi connectivity index (χ4n) is 8.00. The topological polar surface area (TPSA) is 0 Å². The van der Waals surface area contributed by atoms with Crippen LogP contribution in [0.3, 0.4) is 0 Å². The molecule has 0 bridgehead atoms. The molecule has 4 fully saturated rings. The summed E-state index contributed by atoms with van der Waals surface area (Å²) in [6.45, 7) is 5.37. The third kappa shape index (κ3) is 2.54. The maximum Gasteiger partial charge on any atom is 0.0182 e. The molecule has 0 amide bonds. The van der Waals surface area contributed by atoms with E-state index >= 15 is 0 Å². The molecule has 0 aliphatic heterocycles. The van der Waals surface area contributed by atoms with Crippen LogP contribution in [-0.4, -0.2) is 10.2 Å². The molecule has 0 nitrogen and oxygen atoms in total. The lowest BCUT2D eigenvalue weighted by Gasteiger charge is -2.60. The van der Waals surface area contributed by atoms with E-state index in [1.807, 2.05) is 0 Å². The first-order valence-electron chi connectivity index (χ1n) is 10.2. The second-order valence-electron chi connectivity index (χ2n) is 9.78. The van der Waals surface area contributed by atoms with E-state index in [4.69, 9.17) is 0 Å². The Labute approximate surface area is 160 Å². The molecule has 0 radical (unpaired) electrons. The molecular weight excluding hydrogens is 412 g/mol. The summed E-state index contributed by atoms with van der Waals surface area (Å²) in [6, 6.07) is 0. The number of hydrogen-bond acceptors (Lipinski definition) is 0. The third-order valence-corrected chi connectivity index (χ3v) is 10.7. The van der Waals surface area contributed by atoms with Crippen molar-refractivity contribution in [2.75, 3.05) is 5.33 Å². The van der Waals surface area contributed by atoms with Crippen molar-refractivity contribution >= 4 is 31.9 Å². The van der Waals surface area contributed by atoms with Crippen LogP contribution in [0.4, 0.5) is 0 Å². The molecule has 4 aliphatic carbocycles. The molecule has 0 saturated heterocycles. The Hall–Kier alpha value is 0.960. The maximum absolute atomic E-state index is 4.11. The van der Waals surface area contributed by atoms with Crippen LogP contribution in [0.5, 0.6) is 0 Å². The fraction of sp³-hybridized carbons (Fsp3) is 1.00. The summed E-state index contributed by atoms with van der Waals surface area (Å²) in [6.07, 6.45) is 15.0. The van der Waals surface area contributed by atoms with Crippen LogP contribution in [0.2, 0.25) is 0 Å². The molecule has 0 spiro atoms. The summed E-state index contributed by atoms with van der Waals surface area (Å²) in [7, 11) is 0. The van der Waals surface area contributed by atoms with E-state index in [9.17, 15) is 0 Å². The predicted octanol–water partition coefficient (Wildman–Crippen LogP) is 7.19. The Kier molecular flexibility index (Phi) is 4.75. The van der Waals surface area contributed by atoms with Gasteiger partial charge in [-0.15, -0.1) is 0 Å². The zero-order valence-corrected chi connectivity index (χ0v) is 18.2. The Morgan fingerprint density at radius 1 is 0.913 bits per heavy atom. The minimum Gasteiger partial charge on any atom is -0.0928 e. The Morgan fingerprint density at radius 2 is 1.74 bits per heavy atom.